The number of unbranched alkanes of at least 4 members (excludes halogenated alkanes) is 15. The average Bonchev–Trinajstić information content (AvgIpc) is 2.84. The maximum Gasteiger partial charge on any atom is 0.365 e. The molecule has 5 heteroatoms. The molecule has 0 rings (SSSR count). The van der Waals surface area contributed by atoms with Crippen LogP contribution in [0.5, 0.6) is 0 Å². The second kappa shape index (κ2) is 21.6. The number of carbonyl (C=O) groups is 2. The summed E-state index contributed by atoms with van der Waals surface area (Å²) in [4.78, 5) is 24.4. The summed E-state index contributed by atoms with van der Waals surface area (Å²) >= 11 is 0. The molecule has 0 aromatic rings. The van der Waals surface area contributed by atoms with Crippen LogP contribution in [0.2, 0.25) is 0 Å². The van der Waals surface area contributed by atoms with E-state index < -0.39 is 11.5 Å². The first-order valence-electron chi connectivity index (χ1n) is 15.6. The Morgan fingerprint density at radius 3 is 1.59 bits per heavy atom. The molecule has 0 saturated heterocycles. The Bertz CT molecular complexity index is 613. The second-order valence-corrected chi connectivity index (χ2v) is 12.0. The van der Waals surface area contributed by atoms with Gasteiger partial charge in [0.15, 0.2) is 11.7 Å². The fraction of sp³-hybridized carbons (Fsp3) is 0.875. The molecule has 1 unspecified atom stereocenters. The first kappa shape index (κ1) is 35.6. The minimum absolute atomic E-state index is 0.0480. The zero-order chi connectivity index (χ0) is 28.0. The van der Waals surface area contributed by atoms with Crippen LogP contribution in [-0.4, -0.2) is 47.3 Å². The topological polar surface area (TPSA) is 66.4 Å². The minimum Gasteiger partial charge on any atom is -0.477 e. The molecule has 0 aromatic heterocycles. The summed E-state index contributed by atoms with van der Waals surface area (Å²) in [7, 11) is 3.81. The first-order chi connectivity index (χ1) is 17.6. The third-order valence-electron chi connectivity index (χ3n) is 8.30. The van der Waals surface area contributed by atoms with Crippen LogP contribution in [0.1, 0.15) is 156 Å². The highest BCUT2D eigenvalue weighted by Crippen LogP contribution is 2.26. The Morgan fingerprint density at radius 1 is 0.730 bits per heavy atom. The van der Waals surface area contributed by atoms with Crippen LogP contribution < -0.4 is 5.32 Å². The molecule has 0 saturated carbocycles. The summed E-state index contributed by atoms with van der Waals surface area (Å²) in [5, 5.41) is 12.8. The number of quaternary nitrogens is 1. The van der Waals surface area contributed by atoms with E-state index in [1.165, 1.54) is 96.3 Å². The van der Waals surface area contributed by atoms with Crippen molar-refractivity contribution in [3.05, 3.63) is 12.2 Å². The molecular formula is C32H63N2O3+. The lowest BCUT2D eigenvalue weighted by Crippen LogP contribution is -2.69. The number of hydrogen-bond acceptors (Lipinski definition) is 2. The molecule has 0 aliphatic carbocycles. The molecule has 218 valence electrons. The third-order valence-corrected chi connectivity index (χ3v) is 8.30. The standard InChI is InChI=1S/C32H62N2O3/c1-7-9-10-11-12-13-14-15-16-17-18-19-20-21-22-23-24-25-26-28-30(35)33-29(27-8-2)34(5,6)32(3,4)31(36)37/h15-16,29H,7-14,17-28H2,1-6H3,(H-,33,35,36,37)/p+1. The number of carbonyl (C=O) groups excluding carboxylic acids is 1. The molecule has 2 N–H and O–H groups in total. The van der Waals surface area contributed by atoms with Crippen molar-refractivity contribution in [2.75, 3.05) is 14.1 Å². The smallest absolute Gasteiger partial charge is 0.365 e. The summed E-state index contributed by atoms with van der Waals surface area (Å²) in [5.74, 6) is -0.796. The average molecular weight is 524 g/mol. The van der Waals surface area contributed by atoms with Crippen molar-refractivity contribution in [3.8, 4) is 0 Å². The van der Waals surface area contributed by atoms with Crippen LogP contribution >= 0.6 is 0 Å². The van der Waals surface area contributed by atoms with E-state index in [2.05, 4.69) is 31.3 Å². The van der Waals surface area contributed by atoms with E-state index in [9.17, 15) is 14.7 Å². The SMILES string of the molecule is CCCCCCCCC=CCCCCCCCCCCCC(=O)NC(CCC)[N+](C)(C)C(C)(C)C(=O)O. The summed E-state index contributed by atoms with van der Waals surface area (Å²) in [5.41, 5.74) is -0.975. The molecule has 0 heterocycles. The molecular weight excluding hydrogens is 460 g/mol. The largest absolute Gasteiger partial charge is 0.477 e. The molecule has 5 nitrogen and oxygen atoms in total. The molecule has 0 aromatic carbocycles. The lowest BCUT2D eigenvalue weighted by atomic mass is 9.98. The van der Waals surface area contributed by atoms with Crippen LogP contribution in [0.3, 0.4) is 0 Å². The van der Waals surface area contributed by atoms with Crippen molar-refractivity contribution in [2.24, 2.45) is 0 Å². The van der Waals surface area contributed by atoms with Gasteiger partial charge in [-0.3, -0.25) is 9.28 Å². The molecule has 0 aliphatic rings. The van der Waals surface area contributed by atoms with E-state index in [0.717, 1.165) is 25.7 Å². The van der Waals surface area contributed by atoms with Gasteiger partial charge in [0.25, 0.3) is 0 Å². The molecule has 1 atom stereocenters. The third kappa shape index (κ3) is 16.3. The van der Waals surface area contributed by atoms with Crippen molar-refractivity contribution < 1.29 is 19.2 Å². The summed E-state index contributed by atoms with van der Waals surface area (Å²) in [6.45, 7) is 7.81. The van der Waals surface area contributed by atoms with Crippen LogP contribution in [0.4, 0.5) is 0 Å². The summed E-state index contributed by atoms with van der Waals surface area (Å²) in [6, 6.07) is 0. The van der Waals surface area contributed by atoms with Crippen molar-refractivity contribution in [1.82, 2.24) is 5.32 Å². The minimum atomic E-state index is -0.975. The summed E-state index contributed by atoms with van der Waals surface area (Å²) < 4.78 is 0.234. The molecule has 0 spiro atoms. The van der Waals surface area contributed by atoms with Gasteiger partial charge in [0.1, 0.15) is 0 Å². The maximum atomic E-state index is 12.6. The number of amides is 1. The number of nitrogens with one attached hydrogen (secondary N) is 1. The van der Waals surface area contributed by atoms with Gasteiger partial charge < -0.3 is 10.4 Å². The van der Waals surface area contributed by atoms with Gasteiger partial charge in [0.2, 0.25) is 5.91 Å². The number of carboxylic acids is 1. The van der Waals surface area contributed by atoms with Gasteiger partial charge in [-0.25, -0.2) is 4.79 Å². The fourth-order valence-electron chi connectivity index (χ4n) is 4.79. The Hall–Kier alpha value is -1.36. The predicted molar refractivity (Wildman–Crippen MR) is 159 cm³/mol. The molecule has 0 aliphatic heterocycles. The van der Waals surface area contributed by atoms with Gasteiger partial charge in [-0.2, -0.15) is 0 Å². The van der Waals surface area contributed by atoms with E-state index in [1.807, 2.05) is 14.1 Å². The lowest BCUT2D eigenvalue weighted by molar-refractivity contribution is -0.953. The number of hydrogen-bond donors (Lipinski definition) is 2. The highest BCUT2D eigenvalue weighted by molar-refractivity contribution is 5.77. The number of allylic oxidation sites excluding steroid dienone is 2. The van der Waals surface area contributed by atoms with Crippen LogP contribution in [0.15, 0.2) is 12.2 Å². The van der Waals surface area contributed by atoms with Gasteiger partial charge >= 0.3 is 5.97 Å². The quantitative estimate of drug-likeness (QED) is 0.0544. The number of aliphatic carboxylic acids is 1. The van der Waals surface area contributed by atoms with Crippen molar-refractivity contribution in [2.45, 2.75) is 168 Å². The molecule has 0 radical (unpaired) electrons. The van der Waals surface area contributed by atoms with Crippen molar-refractivity contribution >= 4 is 11.9 Å². The fourth-order valence-corrected chi connectivity index (χ4v) is 4.79. The van der Waals surface area contributed by atoms with E-state index in [4.69, 9.17) is 0 Å². The Balaban J connectivity index is 3.79. The maximum absolute atomic E-state index is 12.6. The normalized spacial score (nSPS) is 13.2. The monoisotopic (exact) mass is 523 g/mol. The molecule has 37 heavy (non-hydrogen) atoms. The molecule has 1 amide bonds. The van der Waals surface area contributed by atoms with Crippen molar-refractivity contribution in [3.63, 3.8) is 0 Å². The van der Waals surface area contributed by atoms with E-state index in [-0.39, 0.29) is 16.6 Å². The molecule has 0 bridgehead atoms. The Labute approximate surface area is 230 Å². The highest BCUT2D eigenvalue weighted by atomic mass is 16.4. The van der Waals surface area contributed by atoms with Gasteiger partial charge in [0, 0.05) is 26.7 Å². The number of rotatable bonds is 25. The van der Waals surface area contributed by atoms with Gasteiger partial charge in [0.05, 0.1) is 14.1 Å². The van der Waals surface area contributed by atoms with Crippen LogP contribution in [-0.2, 0) is 9.59 Å². The highest BCUT2D eigenvalue weighted by Gasteiger charge is 2.48. The zero-order valence-electron chi connectivity index (χ0n) is 25.6. The van der Waals surface area contributed by atoms with E-state index >= 15 is 0 Å². The zero-order valence-corrected chi connectivity index (χ0v) is 25.6. The summed E-state index contributed by atoms with van der Waals surface area (Å²) in [6.07, 6.45) is 28.6. The number of likely N-dealkylation sites (N-methyl/N-ethyl adjacent to an activating group) is 1. The number of nitrogens with zero attached hydrogens (tertiary/aromatic N) is 1. The van der Waals surface area contributed by atoms with Crippen molar-refractivity contribution in [1.29, 1.82) is 0 Å². The Kier molecular flexibility index (Phi) is 20.8. The van der Waals surface area contributed by atoms with E-state index in [1.54, 1.807) is 13.8 Å². The van der Waals surface area contributed by atoms with Gasteiger partial charge in [-0.05, 0) is 38.5 Å². The predicted octanol–water partition coefficient (Wildman–Crippen LogP) is 8.77. The Morgan fingerprint density at radius 2 is 1.16 bits per heavy atom. The first-order valence-corrected chi connectivity index (χ1v) is 15.6. The van der Waals surface area contributed by atoms with Crippen LogP contribution in [0.25, 0.3) is 0 Å². The van der Waals surface area contributed by atoms with Gasteiger partial charge in [-0.15, -0.1) is 0 Å². The van der Waals surface area contributed by atoms with Crippen LogP contribution in [0, 0.1) is 0 Å². The van der Waals surface area contributed by atoms with Gasteiger partial charge in [-0.1, -0.05) is 103 Å². The number of carboxylic acid groups (broad SMARTS) is 1. The second-order valence-electron chi connectivity index (χ2n) is 12.0. The van der Waals surface area contributed by atoms with E-state index in [0.29, 0.717) is 6.42 Å². The lowest BCUT2D eigenvalue weighted by Gasteiger charge is -2.47. The molecule has 0 fully saturated rings.